The van der Waals surface area contributed by atoms with Crippen molar-refractivity contribution in [1.29, 1.82) is 0 Å². The molecule has 0 spiro atoms. The summed E-state index contributed by atoms with van der Waals surface area (Å²) >= 11 is 1.59. The molecule has 29 heavy (non-hydrogen) atoms. The molecule has 1 heterocycles. The molecule has 1 aliphatic rings. The zero-order chi connectivity index (χ0) is 20.6. The van der Waals surface area contributed by atoms with Crippen LogP contribution in [-0.4, -0.2) is 35.2 Å². The van der Waals surface area contributed by atoms with E-state index in [1.807, 2.05) is 54.6 Å². The molecule has 1 amide bonds. The van der Waals surface area contributed by atoms with Crippen LogP contribution in [0.4, 0.5) is 0 Å². The second-order valence-corrected chi connectivity index (χ2v) is 7.96. The van der Waals surface area contributed by atoms with E-state index >= 15 is 0 Å². The smallest absolute Gasteiger partial charge is 0.329 e. The van der Waals surface area contributed by atoms with Crippen LogP contribution in [-0.2, 0) is 14.3 Å². The van der Waals surface area contributed by atoms with E-state index in [0.717, 1.165) is 24.2 Å². The standard InChI is InChI=1S/C23H27NO4S/c1-3-5-14-21(25)24-20(23(26)27-4-2)16-29-22(24)17-10-9-13-19(15-17)28-18-11-7-6-8-12-18/h6-13,15,20,22H,3-5,14,16H2,1-2H3. The van der Waals surface area contributed by atoms with Gasteiger partial charge < -0.3 is 14.4 Å². The lowest BCUT2D eigenvalue weighted by Crippen LogP contribution is -2.43. The van der Waals surface area contributed by atoms with Gasteiger partial charge in [0.15, 0.2) is 0 Å². The van der Waals surface area contributed by atoms with Crippen LogP contribution >= 0.6 is 11.8 Å². The number of benzene rings is 2. The number of amides is 1. The monoisotopic (exact) mass is 413 g/mol. The number of para-hydroxylation sites is 1. The zero-order valence-electron chi connectivity index (χ0n) is 16.9. The van der Waals surface area contributed by atoms with Crippen molar-refractivity contribution in [2.24, 2.45) is 0 Å². The normalized spacial score (nSPS) is 18.5. The first kappa shape index (κ1) is 21.2. The van der Waals surface area contributed by atoms with Gasteiger partial charge in [0, 0.05) is 12.2 Å². The number of carbonyl (C=O) groups excluding carboxylic acids is 2. The summed E-state index contributed by atoms with van der Waals surface area (Å²) < 4.78 is 11.2. The summed E-state index contributed by atoms with van der Waals surface area (Å²) in [6.07, 6.45) is 2.17. The van der Waals surface area contributed by atoms with E-state index in [2.05, 4.69) is 6.92 Å². The van der Waals surface area contributed by atoms with Crippen molar-refractivity contribution >= 4 is 23.6 Å². The quantitative estimate of drug-likeness (QED) is 0.559. The highest BCUT2D eigenvalue weighted by molar-refractivity contribution is 7.99. The Morgan fingerprint density at radius 3 is 2.55 bits per heavy atom. The maximum absolute atomic E-state index is 13.0. The highest BCUT2D eigenvalue weighted by Gasteiger charge is 2.42. The lowest BCUT2D eigenvalue weighted by Gasteiger charge is -2.28. The van der Waals surface area contributed by atoms with E-state index in [4.69, 9.17) is 9.47 Å². The van der Waals surface area contributed by atoms with Gasteiger partial charge in [-0.2, -0.15) is 0 Å². The Balaban J connectivity index is 1.84. The summed E-state index contributed by atoms with van der Waals surface area (Å²) in [6.45, 7) is 4.14. The van der Waals surface area contributed by atoms with Crippen LogP contribution in [0.1, 0.15) is 44.0 Å². The molecular weight excluding hydrogens is 386 g/mol. The molecule has 0 radical (unpaired) electrons. The number of hydrogen-bond donors (Lipinski definition) is 0. The average Bonchev–Trinajstić information content (AvgIpc) is 3.18. The highest BCUT2D eigenvalue weighted by Crippen LogP contribution is 2.43. The summed E-state index contributed by atoms with van der Waals surface area (Å²) in [6, 6.07) is 16.8. The number of rotatable bonds is 8. The molecule has 2 aromatic rings. The van der Waals surface area contributed by atoms with Gasteiger partial charge >= 0.3 is 5.97 Å². The van der Waals surface area contributed by atoms with Crippen LogP contribution < -0.4 is 4.74 Å². The third-order valence-corrected chi connectivity index (χ3v) is 6.04. The van der Waals surface area contributed by atoms with Gasteiger partial charge in [-0.05, 0) is 43.2 Å². The molecule has 1 saturated heterocycles. The van der Waals surface area contributed by atoms with E-state index in [0.29, 0.717) is 24.5 Å². The Morgan fingerprint density at radius 2 is 1.83 bits per heavy atom. The second-order valence-electron chi connectivity index (χ2n) is 6.85. The summed E-state index contributed by atoms with van der Waals surface area (Å²) in [7, 11) is 0. The minimum absolute atomic E-state index is 0.00529. The zero-order valence-corrected chi connectivity index (χ0v) is 17.7. The maximum Gasteiger partial charge on any atom is 0.329 e. The number of esters is 1. The first-order valence-electron chi connectivity index (χ1n) is 10.1. The predicted molar refractivity (Wildman–Crippen MR) is 115 cm³/mol. The van der Waals surface area contributed by atoms with Crippen molar-refractivity contribution in [3.8, 4) is 11.5 Å². The van der Waals surface area contributed by atoms with Crippen LogP contribution in [0.3, 0.4) is 0 Å². The molecule has 154 valence electrons. The third-order valence-electron chi connectivity index (χ3n) is 4.71. The second kappa shape index (κ2) is 10.3. The molecule has 1 aliphatic heterocycles. The molecule has 0 aromatic heterocycles. The molecule has 0 saturated carbocycles. The van der Waals surface area contributed by atoms with Gasteiger partial charge in [0.1, 0.15) is 22.9 Å². The van der Waals surface area contributed by atoms with Crippen LogP contribution in [0, 0.1) is 0 Å². The summed E-state index contributed by atoms with van der Waals surface area (Å²) in [5.74, 6) is 1.66. The molecule has 2 aromatic carbocycles. The molecule has 3 rings (SSSR count). The number of carbonyl (C=O) groups is 2. The highest BCUT2D eigenvalue weighted by atomic mass is 32.2. The number of hydrogen-bond acceptors (Lipinski definition) is 5. The number of unbranched alkanes of at least 4 members (excludes halogenated alkanes) is 1. The lowest BCUT2D eigenvalue weighted by molar-refractivity contribution is -0.153. The first-order chi connectivity index (χ1) is 14.1. The SMILES string of the molecule is CCCCC(=O)N1C(C(=O)OCC)CSC1c1cccc(Oc2ccccc2)c1. The van der Waals surface area contributed by atoms with E-state index in [1.54, 1.807) is 23.6 Å². The Morgan fingerprint density at radius 1 is 1.07 bits per heavy atom. The van der Waals surface area contributed by atoms with Gasteiger partial charge in [0.2, 0.25) is 5.91 Å². The van der Waals surface area contributed by atoms with Crippen molar-refractivity contribution in [2.75, 3.05) is 12.4 Å². The first-order valence-corrected chi connectivity index (χ1v) is 11.1. The maximum atomic E-state index is 13.0. The summed E-state index contributed by atoms with van der Waals surface area (Å²) in [5.41, 5.74) is 0.945. The van der Waals surface area contributed by atoms with Crippen molar-refractivity contribution < 1.29 is 19.1 Å². The Labute approximate surface area is 176 Å². The average molecular weight is 414 g/mol. The predicted octanol–water partition coefficient (Wildman–Crippen LogP) is 5.17. The minimum Gasteiger partial charge on any atom is -0.464 e. The number of thioether (sulfide) groups is 1. The fourth-order valence-corrected chi connectivity index (χ4v) is 4.73. The molecule has 1 fully saturated rings. The summed E-state index contributed by atoms with van der Waals surface area (Å²) in [5, 5.41) is -0.229. The number of nitrogens with zero attached hydrogens (tertiary/aromatic N) is 1. The molecule has 0 bridgehead atoms. The molecule has 5 nitrogen and oxygen atoms in total. The van der Waals surface area contributed by atoms with E-state index < -0.39 is 6.04 Å². The van der Waals surface area contributed by atoms with E-state index in [9.17, 15) is 9.59 Å². The molecule has 2 unspecified atom stereocenters. The van der Waals surface area contributed by atoms with Gasteiger partial charge in [-0.15, -0.1) is 11.8 Å². The van der Waals surface area contributed by atoms with Gasteiger partial charge in [-0.3, -0.25) is 4.79 Å². The van der Waals surface area contributed by atoms with Gasteiger partial charge in [-0.1, -0.05) is 43.7 Å². The fraction of sp³-hybridized carbons (Fsp3) is 0.391. The van der Waals surface area contributed by atoms with Gasteiger partial charge in [0.25, 0.3) is 0 Å². The van der Waals surface area contributed by atoms with Crippen LogP contribution in [0.5, 0.6) is 11.5 Å². The van der Waals surface area contributed by atoms with Crippen molar-refractivity contribution in [2.45, 2.75) is 44.5 Å². The van der Waals surface area contributed by atoms with Crippen LogP contribution in [0.2, 0.25) is 0 Å². The van der Waals surface area contributed by atoms with Gasteiger partial charge in [0.05, 0.1) is 6.61 Å². The molecule has 0 aliphatic carbocycles. The lowest BCUT2D eigenvalue weighted by atomic mass is 10.1. The van der Waals surface area contributed by atoms with Crippen LogP contribution in [0.25, 0.3) is 0 Å². The van der Waals surface area contributed by atoms with Crippen molar-refractivity contribution in [3.63, 3.8) is 0 Å². The molecular formula is C23H27NO4S. The van der Waals surface area contributed by atoms with E-state index in [1.165, 1.54) is 0 Å². The Bertz CT molecular complexity index is 827. The Hall–Kier alpha value is -2.47. The Kier molecular flexibility index (Phi) is 7.58. The van der Waals surface area contributed by atoms with Crippen molar-refractivity contribution in [1.82, 2.24) is 4.90 Å². The largest absolute Gasteiger partial charge is 0.464 e. The van der Waals surface area contributed by atoms with Crippen LogP contribution in [0.15, 0.2) is 54.6 Å². The minimum atomic E-state index is -0.548. The molecule has 6 heteroatoms. The molecule has 0 N–H and O–H groups in total. The summed E-state index contributed by atoms with van der Waals surface area (Å²) in [4.78, 5) is 27.1. The third kappa shape index (κ3) is 5.32. The fourth-order valence-electron chi connectivity index (χ4n) is 3.30. The number of ether oxygens (including phenoxy) is 2. The van der Waals surface area contributed by atoms with Gasteiger partial charge in [-0.25, -0.2) is 4.79 Å². The van der Waals surface area contributed by atoms with Crippen molar-refractivity contribution in [3.05, 3.63) is 60.2 Å². The van der Waals surface area contributed by atoms with E-state index in [-0.39, 0.29) is 17.3 Å². The molecule has 2 atom stereocenters. The topological polar surface area (TPSA) is 55.8 Å².